The van der Waals surface area contributed by atoms with E-state index in [0.717, 1.165) is 17.0 Å². The van der Waals surface area contributed by atoms with Crippen LogP contribution in [0, 0.1) is 0 Å². The van der Waals surface area contributed by atoms with E-state index in [1.807, 2.05) is 6.07 Å². The largest absolute Gasteiger partial charge is 0.504 e. The van der Waals surface area contributed by atoms with Crippen molar-refractivity contribution in [3.63, 3.8) is 0 Å². The summed E-state index contributed by atoms with van der Waals surface area (Å²) < 4.78 is 35.4. The number of nitrogens with zero attached hydrogens (tertiary/aromatic N) is 3. The highest BCUT2D eigenvalue weighted by Crippen LogP contribution is 2.19. The number of aromatic amines is 1. The SMILES string of the molecule is Brc1ccn[nH]1.FC(F)(F)n1cccn1. The standard InChI is InChI=1S/C4H3F3N2.C3H3BrN2/c5-4(6,7)9-3-1-2-8-9;4-3-1-2-5-6-3/h1-3H;1-2H,(H,5,6). The van der Waals surface area contributed by atoms with Crippen LogP contribution < -0.4 is 0 Å². The van der Waals surface area contributed by atoms with Crippen LogP contribution in [0.3, 0.4) is 0 Å². The Morgan fingerprint density at radius 3 is 2.27 bits per heavy atom. The van der Waals surface area contributed by atoms with Crippen LogP contribution in [-0.2, 0) is 6.30 Å². The summed E-state index contributed by atoms with van der Waals surface area (Å²) in [5.74, 6) is 0. The number of alkyl halides is 3. The Balaban J connectivity index is 0.000000162. The minimum atomic E-state index is -4.37. The summed E-state index contributed by atoms with van der Waals surface area (Å²) in [6, 6.07) is 3.05. The van der Waals surface area contributed by atoms with Gasteiger partial charge in [0.25, 0.3) is 0 Å². The Bertz CT molecular complexity index is 367. The van der Waals surface area contributed by atoms with Gasteiger partial charge in [-0.15, -0.1) is 13.2 Å². The molecule has 2 heterocycles. The van der Waals surface area contributed by atoms with Crippen molar-refractivity contribution in [3.05, 3.63) is 35.3 Å². The first-order valence-corrected chi connectivity index (χ1v) is 4.51. The van der Waals surface area contributed by atoms with Gasteiger partial charge in [-0.2, -0.15) is 14.9 Å². The van der Waals surface area contributed by atoms with E-state index in [0.29, 0.717) is 0 Å². The molecule has 4 nitrogen and oxygen atoms in total. The molecule has 0 spiro atoms. The zero-order valence-corrected chi connectivity index (χ0v) is 8.83. The second-order valence-corrected chi connectivity index (χ2v) is 3.18. The predicted octanol–water partition coefficient (Wildman–Crippen LogP) is 2.53. The molecule has 0 atom stereocenters. The van der Waals surface area contributed by atoms with Crippen LogP contribution in [0.25, 0.3) is 0 Å². The van der Waals surface area contributed by atoms with Gasteiger partial charge in [-0.1, -0.05) is 0 Å². The molecule has 1 N–H and O–H groups in total. The molecule has 0 amide bonds. The number of nitrogens with one attached hydrogen (secondary N) is 1. The van der Waals surface area contributed by atoms with E-state index in [9.17, 15) is 13.2 Å². The van der Waals surface area contributed by atoms with Crippen molar-refractivity contribution < 1.29 is 13.2 Å². The third-order valence-electron chi connectivity index (χ3n) is 1.23. The second kappa shape index (κ2) is 4.96. The van der Waals surface area contributed by atoms with Gasteiger partial charge in [0.1, 0.15) is 4.60 Å². The summed E-state index contributed by atoms with van der Waals surface area (Å²) >= 11 is 3.16. The van der Waals surface area contributed by atoms with Gasteiger partial charge < -0.3 is 0 Å². The molecule has 0 unspecified atom stereocenters. The lowest BCUT2D eigenvalue weighted by Crippen LogP contribution is -2.16. The Morgan fingerprint density at radius 1 is 1.33 bits per heavy atom. The molecule has 8 heteroatoms. The first-order valence-electron chi connectivity index (χ1n) is 3.72. The number of hydrogen-bond donors (Lipinski definition) is 1. The van der Waals surface area contributed by atoms with Crippen molar-refractivity contribution in [2.75, 3.05) is 0 Å². The minimum Gasteiger partial charge on any atom is -0.271 e. The lowest BCUT2D eigenvalue weighted by Gasteiger charge is -2.03. The highest BCUT2D eigenvalue weighted by Gasteiger charge is 2.30. The zero-order valence-electron chi connectivity index (χ0n) is 7.24. The highest BCUT2D eigenvalue weighted by molar-refractivity contribution is 9.10. The third kappa shape index (κ3) is 4.15. The van der Waals surface area contributed by atoms with Gasteiger partial charge in [-0.05, 0) is 28.1 Å². The van der Waals surface area contributed by atoms with E-state index in [1.54, 1.807) is 6.20 Å². The van der Waals surface area contributed by atoms with Crippen molar-refractivity contribution in [2.24, 2.45) is 0 Å². The molecular formula is C7H6BrF3N4. The summed E-state index contributed by atoms with van der Waals surface area (Å²) in [7, 11) is 0. The van der Waals surface area contributed by atoms with Gasteiger partial charge in [-0.25, -0.2) is 0 Å². The molecule has 2 rings (SSSR count). The Hall–Kier alpha value is -1.31. The molecule has 0 saturated heterocycles. The molecular weight excluding hydrogens is 277 g/mol. The first-order chi connectivity index (χ1) is 7.00. The van der Waals surface area contributed by atoms with Crippen molar-refractivity contribution in [1.29, 1.82) is 0 Å². The Kier molecular flexibility index (Phi) is 3.89. The van der Waals surface area contributed by atoms with Crippen LogP contribution in [-0.4, -0.2) is 20.0 Å². The molecule has 0 aromatic carbocycles. The van der Waals surface area contributed by atoms with Gasteiger partial charge >= 0.3 is 6.30 Å². The molecule has 0 aliphatic rings. The fraction of sp³-hybridized carbons (Fsp3) is 0.143. The molecule has 0 bridgehead atoms. The summed E-state index contributed by atoms with van der Waals surface area (Å²) in [5.41, 5.74) is 0. The fourth-order valence-electron chi connectivity index (χ4n) is 0.658. The average molecular weight is 283 g/mol. The Morgan fingerprint density at radius 2 is 2.07 bits per heavy atom. The number of H-pyrrole nitrogens is 1. The third-order valence-corrected chi connectivity index (χ3v) is 1.67. The van der Waals surface area contributed by atoms with Gasteiger partial charge in [0.15, 0.2) is 0 Å². The van der Waals surface area contributed by atoms with E-state index in [-0.39, 0.29) is 4.68 Å². The quantitative estimate of drug-likeness (QED) is 0.807. The number of aromatic nitrogens is 4. The molecule has 82 valence electrons. The average Bonchev–Trinajstić information content (AvgIpc) is 2.73. The molecule has 0 radical (unpaired) electrons. The maximum atomic E-state index is 11.5. The topological polar surface area (TPSA) is 46.5 Å². The van der Waals surface area contributed by atoms with Crippen LogP contribution in [0.1, 0.15) is 0 Å². The second-order valence-electron chi connectivity index (χ2n) is 2.32. The van der Waals surface area contributed by atoms with Crippen molar-refractivity contribution in [1.82, 2.24) is 20.0 Å². The summed E-state index contributed by atoms with van der Waals surface area (Å²) in [6.07, 6.45) is -0.763. The normalized spacial score (nSPS) is 10.7. The van der Waals surface area contributed by atoms with Crippen molar-refractivity contribution in [2.45, 2.75) is 6.30 Å². The number of halogens is 4. The van der Waals surface area contributed by atoms with Gasteiger partial charge in [0.2, 0.25) is 0 Å². The van der Waals surface area contributed by atoms with Crippen molar-refractivity contribution >= 4 is 15.9 Å². The van der Waals surface area contributed by atoms with Crippen LogP contribution in [0.2, 0.25) is 0 Å². The summed E-state index contributed by atoms with van der Waals surface area (Å²) in [5, 5.41) is 9.30. The van der Waals surface area contributed by atoms with Gasteiger partial charge in [-0.3, -0.25) is 5.10 Å². The highest BCUT2D eigenvalue weighted by atomic mass is 79.9. The van der Waals surface area contributed by atoms with E-state index in [2.05, 4.69) is 31.2 Å². The fourth-order valence-corrected chi connectivity index (χ4v) is 0.878. The predicted molar refractivity (Wildman–Crippen MR) is 49.8 cm³/mol. The Labute approximate surface area is 91.2 Å². The number of rotatable bonds is 0. The van der Waals surface area contributed by atoms with Crippen LogP contribution in [0.4, 0.5) is 13.2 Å². The van der Waals surface area contributed by atoms with Crippen LogP contribution in [0.15, 0.2) is 35.3 Å². The van der Waals surface area contributed by atoms with E-state index < -0.39 is 6.30 Å². The minimum absolute atomic E-state index is 0.0625. The first kappa shape index (κ1) is 11.8. The molecule has 0 aliphatic carbocycles. The zero-order chi connectivity index (χ0) is 11.3. The maximum Gasteiger partial charge on any atom is 0.504 e. The van der Waals surface area contributed by atoms with Crippen LogP contribution >= 0.6 is 15.9 Å². The summed E-state index contributed by atoms with van der Waals surface area (Å²) in [4.78, 5) is 0. The molecule has 0 fully saturated rings. The monoisotopic (exact) mass is 282 g/mol. The van der Waals surface area contributed by atoms with Gasteiger partial charge in [0.05, 0.1) is 0 Å². The molecule has 2 aromatic rings. The smallest absolute Gasteiger partial charge is 0.271 e. The van der Waals surface area contributed by atoms with Gasteiger partial charge in [0, 0.05) is 18.6 Å². The molecule has 2 aromatic heterocycles. The van der Waals surface area contributed by atoms with E-state index in [1.165, 1.54) is 6.07 Å². The lowest BCUT2D eigenvalue weighted by atomic mass is 10.8. The van der Waals surface area contributed by atoms with Crippen LogP contribution in [0.5, 0.6) is 0 Å². The molecule has 0 aliphatic heterocycles. The van der Waals surface area contributed by atoms with E-state index in [4.69, 9.17) is 0 Å². The van der Waals surface area contributed by atoms with E-state index >= 15 is 0 Å². The summed E-state index contributed by atoms with van der Waals surface area (Å²) in [6.45, 7) is 0. The maximum absolute atomic E-state index is 11.5. The lowest BCUT2D eigenvalue weighted by molar-refractivity contribution is -0.212. The van der Waals surface area contributed by atoms with Crippen molar-refractivity contribution in [3.8, 4) is 0 Å². The number of hydrogen-bond acceptors (Lipinski definition) is 2. The molecule has 0 saturated carbocycles. The molecule has 15 heavy (non-hydrogen) atoms.